The maximum Gasteiger partial charge on any atom is 0.338 e. The number of carbonyl (C=O) groups is 2. The SMILES string of the molecule is C[C@]1(CO)CCC[C@]2(C)[C@@H]1[C@H](OC(=O)c1ccccc1)C[C@H]1C(=O)OC[C@]12O. The van der Waals surface area contributed by atoms with Crippen LogP contribution >= 0.6 is 0 Å². The second-order valence-corrected chi connectivity index (χ2v) is 9.19. The number of hydrogen-bond donors (Lipinski definition) is 2. The third-order valence-electron chi connectivity index (χ3n) is 7.63. The number of carbonyl (C=O) groups excluding carboxylic acids is 2. The molecule has 152 valence electrons. The molecule has 6 nitrogen and oxygen atoms in total. The summed E-state index contributed by atoms with van der Waals surface area (Å²) in [6, 6.07) is 8.75. The molecule has 6 atom stereocenters. The van der Waals surface area contributed by atoms with Crippen molar-refractivity contribution < 1.29 is 29.3 Å². The molecule has 2 N–H and O–H groups in total. The minimum Gasteiger partial charge on any atom is -0.462 e. The molecule has 0 spiro atoms. The van der Waals surface area contributed by atoms with E-state index in [1.807, 2.05) is 19.9 Å². The largest absolute Gasteiger partial charge is 0.462 e. The third-order valence-corrected chi connectivity index (χ3v) is 7.63. The van der Waals surface area contributed by atoms with Gasteiger partial charge in [-0.2, -0.15) is 0 Å². The van der Waals surface area contributed by atoms with Gasteiger partial charge in [0.1, 0.15) is 18.3 Å². The highest BCUT2D eigenvalue weighted by Gasteiger charge is 2.71. The van der Waals surface area contributed by atoms with Crippen LogP contribution in [0.5, 0.6) is 0 Å². The molecule has 3 aliphatic rings. The average Bonchev–Trinajstić information content (AvgIpc) is 2.98. The highest BCUT2D eigenvalue weighted by atomic mass is 16.6. The zero-order valence-electron chi connectivity index (χ0n) is 16.4. The Hall–Kier alpha value is -1.92. The first-order valence-corrected chi connectivity index (χ1v) is 10.0. The van der Waals surface area contributed by atoms with Crippen molar-refractivity contribution in [2.24, 2.45) is 22.7 Å². The Bertz CT molecular complexity index is 778. The van der Waals surface area contributed by atoms with Crippen molar-refractivity contribution in [2.75, 3.05) is 13.2 Å². The fraction of sp³-hybridized carbons (Fsp3) is 0.636. The molecule has 0 amide bonds. The number of cyclic esters (lactones) is 1. The first-order valence-electron chi connectivity index (χ1n) is 10.0. The van der Waals surface area contributed by atoms with Crippen molar-refractivity contribution in [3.8, 4) is 0 Å². The first-order chi connectivity index (χ1) is 13.2. The number of esters is 2. The number of aliphatic hydroxyl groups excluding tert-OH is 1. The van der Waals surface area contributed by atoms with Crippen molar-refractivity contribution in [3.63, 3.8) is 0 Å². The molecule has 0 bridgehead atoms. The van der Waals surface area contributed by atoms with Gasteiger partial charge in [-0.05, 0) is 30.4 Å². The number of fused-ring (bicyclic) bond motifs is 3. The molecular formula is C22H28O6. The summed E-state index contributed by atoms with van der Waals surface area (Å²) in [6.45, 7) is 3.84. The van der Waals surface area contributed by atoms with Crippen molar-refractivity contribution in [1.29, 1.82) is 0 Å². The van der Waals surface area contributed by atoms with Crippen molar-refractivity contribution in [1.82, 2.24) is 0 Å². The Morgan fingerprint density at radius 2 is 1.96 bits per heavy atom. The van der Waals surface area contributed by atoms with E-state index in [1.54, 1.807) is 24.3 Å². The highest BCUT2D eigenvalue weighted by molar-refractivity contribution is 5.89. The van der Waals surface area contributed by atoms with Crippen LogP contribution < -0.4 is 0 Å². The van der Waals surface area contributed by atoms with Gasteiger partial charge in [0.05, 0.1) is 11.5 Å². The van der Waals surface area contributed by atoms with E-state index < -0.39 is 40.4 Å². The zero-order valence-corrected chi connectivity index (χ0v) is 16.4. The number of benzene rings is 1. The number of aliphatic hydroxyl groups is 2. The normalized spacial score (nSPS) is 42.3. The van der Waals surface area contributed by atoms with Crippen LogP contribution in [0, 0.1) is 22.7 Å². The topological polar surface area (TPSA) is 93.1 Å². The summed E-state index contributed by atoms with van der Waals surface area (Å²) in [4.78, 5) is 25.2. The molecule has 1 aromatic rings. The summed E-state index contributed by atoms with van der Waals surface area (Å²) in [5, 5.41) is 21.8. The Balaban J connectivity index is 1.74. The van der Waals surface area contributed by atoms with Gasteiger partial charge in [-0.25, -0.2) is 4.79 Å². The molecule has 2 saturated carbocycles. The summed E-state index contributed by atoms with van der Waals surface area (Å²) in [7, 11) is 0. The van der Waals surface area contributed by atoms with Crippen LogP contribution in [0.4, 0.5) is 0 Å². The maximum absolute atomic E-state index is 12.8. The van der Waals surface area contributed by atoms with Crippen LogP contribution in [0.25, 0.3) is 0 Å². The van der Waals surface area contributed by atoms with Gasteiger partial charge >= 0.3 is 11.9 Å². The van der Waals surface area contributed by atoms with Crippen LogP contribution in [0.15, 0.2) is 30.3 Å². The van der Waals surface area contributed by atoms with E-state index in [0.29, 0.717) is 12.0 Å². The van der Waals surface area contributed by atoms with E-state index in [4.69, 9.17) is 9.47 Å². The minimum atomic E-state index is -1.30. The molecule has 4 rings (SSSR count). The summed E-state index contributed by atoms with van der Waals surface area (Å²) in [6.07, 6.45) is 1.93. The number of rotatable bonds is 3. The van der Waals surface area contributed by atoms with Crippen LogP contribution in [0.2, 0.25) is 0 Å². The zero-order chi connectivity index (χ0) is 20.2. The molecule has 6 heteroatoms. The van der Waals surface area contributed by atoms with Crippen molar-refractivity contribution in [2.45, 2.75) is 51.2 Å². The number of hydrogen-bond acceptors (Lipinski definition) is 6. The lowest BCUT2D eigenvalue weighted by atomic mass is 9.44. The van der Waals surface area contributed by atoms with Gasteiger partial charge in [0.15, 0.2) is 0 Å². The lowest BCUT2D eigenvalue weighted by Crippen LogP contribution is -2.68. The molecule has 1 heterocycles. The van der Waals surface area contributed by atoms with E-state index in [2.05, 4.69) is 0 Å². The van der Waals surface area contributed by atoms with Gasteiger partial charge in [0.25, 0.3) is 0 Å². The fourth-order valence-electron chi connectivity index (χ4n) is 6.16. The van der Waals surface area contributed by atoms with Gasteiger partial charge in [-0.15, -0.1) is 0 Å². The van der Waals surface area contributed by atoms with E-state index in [0.717, 1.165) is 12.8 Å². The molecular weight excluding hydrogens is 360 g/mol. The van der Waals surface area contributed by atoms with Gasteiger partial charge in [0.2, 0.25) is 0 Å². The molecule has 1 aromatic carbocycles. The molecule has 2 aliphatic carbocycles. The number of ether oxygens (including phenoxy) is 2. The highest BCUT2D eigenvalue weighted by Crippen LogP contribution is 2.64. The summed E-state index contributed by atoms with van der Waals surface area (Å²) < 4.78 is 11.2. The maximum atomic E-state index is 12.8. The van der Waals surface area contributed by atoms with Gasteiger partial charge in [-0.3, -0.25) is 4.79 Å². The Labute approximate surface area is 164 Å². The Morgan fingerprint density at radius 3 is 2.64 bits per heavy atom. The van der Waals surface area contributed by atoms with Crippen LogP contribution in [0.1, 0.15) is 49.9 Å². The molecule has 0 radical (unpaired) electrons. The third kappa shape index (κ3) is 2.61. The van der Waals surface area contributed by atoms with Gasteiger partial charge in [-0.1, -0.05) is 38.5 Å². The summed E-state index contributed by atoms with van der Waals surface area (Å²) in [5.41, 5.74) is -2.07. The molecule has 1 saturated heterocycles. The first kappa shape index (κ1) is 19.4. The molecule has 1 aliphatic heterocycles. The van der Waals surface area contributed by atoms with Gasteiger partial charge in [0, 0.05) is 24.4 Å². The molecule has 3 fully saturated rings. The van der Waals surface area contributed by atoms with Crippen molar-refractivity contribution >= 4 is 11.9 Å². The second kappa shape index (κ2) is 6.56. The smallest absolute Gasteiger partial charge is 0.338 e. The lowest BCUT2D eigenvalue weighted by molar-refractivity contribution is -0.238. The van der Waals surface area contributed by atoms with Gasteiger partial charge < -0.3 is 19.7 Å². The Kier molecular flexibility index (Phi) is 4.55. The quantitative estimate of drug-likeness (QED) is 0.772. The van der Waals surface area contributed by atoms with E-state index >= 15 is 0 Å². The standard InChI is InChI=1S/C22H28O6/c1-20(12-23)9-6-10-21(2)17(20)16(11-15-19(25)27-13-22(15,21)26)28-18(24)14-7-4-3-5-8-14/h3-5,7-8,15-17,23,26H,6,9-13H2,1-2H3/t15-,16+,17+,20+,21+,22-/m0/s1. The Morgan fingerprint density at radius 1 is 1.25 bits per heavy atom. The molecule has 0 aromatic heterocycles. The summed E-state index contributed by atoms with van der Waals surface area (Å²) >= 11 is 0. The predicted molar refractivity (Wildman–Crippen MR) is 100 cm³/mol. The van der Waals surface area contributed by atoms with Crippen molar-refractivity contribution in [3.05, 3.63) is 35.9 Å². The summed E-state index contributed by atoms with van der Waals surface area (Å²) in [5.74, 6) is -1.87. The van der Waals surface area contributed by atoms with Crippen LogP contribution in [-0.4, -0.2) is 47.1 Å². The van der Waals surface area contributed by atoms with E-state index in [-0.39, 0.29) is 25.6 Å². The second-order valence-electron chi connectivity index (χ2n) is 9.19. The monoisotopic (exact) mass is 388 g/mol. The van der Waals surface area contributed by atoms with E-state index in [9.17, 15) is 19.8 Å². The minimum absolute atomic E-state index is 0.0373. The fourth-order valence-corrected chi connectivity index (χ4v) is 6.16. The predicted octanol–water partition coefficient (Wildman–Crippen LogP) is 2.32. The average molecular weight is 388 g/mol. The molecule has 28 heavy (non-hydrogen) atoms. The molecule has 0 unspecified atom stereocenters. The van der Waals surface area contributed by atoms with Crippen LogP contribution in [-0.2, 0) is 14.3 Å². The van der Waals surface area contributed by atoms with Crippen LogP contribution in [0.3, 0.4) is 0 Å². The lowest BCUT2D eigenvalue weighted by Gasteiger charge is -2.62. The van der Waals surface area contributed by atoms with E-state index in [1.165, 1.54) is 0 Å².